The monoisotopic (exact) mass is 1070 g/mol. The number of phenolic OH excluding ortho intramolecular Hbond substituents is 2. The third-order valence-electron chi connectivity index (χ3n) is 11.2. The molecule has 21 nitrogen and oxygen atoms in total. The highest BCUT2D eigenvalue weighted by Crippen LogP contribution is 2.20. The Morgan fingerprint density at radius 2 is 1.01 bits per heavy atom. The lowest BCUT2D eigenvalue weighted by atomic mass is 10.1. The van der Waals surface area contributed by atoms with E-state index in [1.165, 1.54) is 25.6 Å². The van der Waals surface area contributed by atoms with Gasteiger partial charge in [0, 0.05) is 19.6 Å². The molecule has 3 heterocycles. The molecule has 0 fully saturated rings. The van der Waals surface area contributed by atoms with E-state index < -0.39 is 47.5 Å². The van der Waals surface area contributed by atoms with Crippen molar-refractivity contribution in [3.05, 3.63) is 116 Å². The highest BCUT2D eigenvalue weighted by atomic mass is 32.1. The van der Waals surface area contributed by atoms with Crippen LogP contribution in [0.15, 0.2) is 66.0 Å². The summed E-state index contributed by atoms with van der Waals surface area (Å²) in [6, 6.07) is 15.5. The number of esters is 2. The molecule has 4 amide bonds. The van der Waals surface area contributed by atoms with E-state index >= 15 is 0 Å². The average molecular weight is 1070 g/mol. The first-order chi connectivity index (χ1) is 36.3. The standard InChI is InChI=1S/C27H39N5O6.C27H33N5O5S/c1-7-19-22(23(34)30-21(24(35)37-6)16-29-26(36)38-27(3,4)5)20(8-2)32-25(31-19)28-14-10-12-17-11-9-13-18(33)15-17;1-4-19-23(25(35)30-21(26(36)37-3)16-29-24(34)22-12-8-14-38-22)20(5-2)32-27(31-19)28-13-7-10-17-9-6-11-18(33)15-17/h9,11,13,15,21,33H,7-8,10,12,14,16H2,1-6H3,(H,29,36)(H,30,34)(H,28,31,32);6,8-9,11-12,14-15,21,33H,4-5,7,10,13,16H2,1-3H3,(H,29,34)(H,30,35)(H,28,31,32)/t2*21-/m00/s1. The van der Waals surface area contributed by atoms with Crippen LogP contribution in [0.5, 0.6) is 11.5 Å². The van der Waals surface area contributed by atoms with E-state index in [9.17, 15) is 39.0 Å². The van der Waals surface area contributed by atoms with Crippen molar-refractivity contribution < 1.29 is 53.2 Å². The summed E-state index contributed by atoms with van der Waals surface area (Å²) in [5, 5.41) is 37.9. The number of nitrogens with zero attached hydrogens (tertiary/aromatic N) is 4. The molecule has 8 N–H and O–H groups in total. The van der Waals surface area contributed by atoms with Crippen molar-refractivity contribution in [1.29, 1.82) is 0 Å². The molecule has 0 bridgehead atoms. The summed E-state index contributed by atoms with van der Waals surface area (Å²) in [4.78, 5) is 94.3. The number of alkyl carbamates (subject to hydrolysis) is 1. The van der Waals surface area contributed by atoms with Crippen LogP contribution in [-0.4, -0.2) is 124 Å². The van der Waals surface area contributed by atoms with Crippen molar-refractivity contribution in [3.63, 3.8) is 0 Å². The van der Waals surface area contributed by atoms with E-state index in [1.54, 1.807) is 62.5 Å². The molecule has 0 spiro atoms. The van der Waals surface area contributed by atoms with Crippen LogP contribution < -0.4 is 31.9 Å². The molecule has 0 saturated heterocycles. The van der Waals surface area contributed by atoms with Gasteiger partial charge in [-0.1, -0.05) is 58.0 Å². The molecule has 410 valence electrons. The van der Waals surface area contributed by atoms with Gasteiger partial charge in [-0.15, -0.1) is 11.3 Å². The quantitative estimate of drug-likeness (QED) is 0.0182. The van der Waals surface area contributed by atoms with Gasteiger partial charge in [-0.2, -0.15) is 0 Å². The van der Waals surface area contributed by atoms with Crippen LogP contribution in [-0.2, 0) is 62.3 Å². The number of aromatic nitrogens is 4. The topological polar surface area (TPSA) is 294 Å². The maximum atomic E-state index is 13.3. The normalized spacial score (nSPS) is 11.6. The number of carbonyl (C=O) groups excluding carboxylic acids is 6. The summed E-state index contributed by atoms with van der Waals surface area (Å²) in [6.45, 7) is 13.6. The molecule has 2 atom stereocenters. The van der Waals surface area contributed by atoms with Gasteiger partial charge >= 0.3 is 18.0 Å². The number of ether oxygens (including phenoxy) is 3. The maximum Gasteiger partial charge on any atom is 0.407 e. The number of thiophene rings is 1. The van der Waals surface area contributed by atoms with Crippen LogP contribution in [0.1, 0.15) is 126 Å². The molecule has 0 aliphatic rings. The van der Waals surface area contributed by atoms with Crippen LogP contribution in [0, 0.1) is 0 Å². The van der Waals surface area contributed by atoms with Crippen molar-refractivity contribution in [1.82, 2.24) is 41.2 Å². The number of amides is 4. The largest absolute Gasteiger partial charge is 0.508 e. The molecule has 5 aromatic rings. The van der Waals surface area contributed by atoms with Gasteiger partial charge in [0.25, 0.3) is 17.7 Å². The highest BCUT2D eigenvalue weighted by Gasteiger charge is 2.29. The lowest BCUT2D eigenvalue weighted by Crippen LogP contribution is -2.50. The molecule has 76 heavy (non-hydrogen) atoms. The first-order valence-electron chi connectivity index (χ1n) is 25.2. The number of phenols is 2. The van der Waals surface area contributed by atoms with Crippen molar-refractivity contribution in [3.8, 4) is 11.5 Å². The second-order valence-electron chi connectivity index (χ2n) is 18.1. The second kappa shape index (κ2) is 30.5. The van der Waals surface area contributed by atoms with Gasteiger partial charge in [0.2, 0.25) is 11.9 Å². The Hall–Kier alpha value is -7.88. The fraction of sp³-hybridized carbons (Fsp3) is 0.444. The molecule has 0 unspecified atom stereocenters. The van der Waals surface area contributed by atoms with Gasteiger partial charge in [0.15, 0.2) is 0 Å². The van der Waals surface area contributed by atoms with Gasteiger partial charge in [-0.05, 0) is 119 Å². The Morgan fingerprint density at radius 3 is 1.37 bits per heavy atom. The number of carbonyl (C=O) groups is 6. The van der Waals surface area contributed by atoms with Gasteiger partial charge in [0.05, 0.1) is 59.5 Å². The summed E-state index contributed by atoms with van der Waals surface area (Å²) in [5.41, 5.74) is 4.15. The maximum absolute atomic E-state index is 13.3. The molecule has 0 aliphatic heterocycles. The van der Waals surface area contributed by atoms with E-state index in [0.717, 1.165) is 36.8 Å². The molecule has 3 aromatic heterocycles. The summed E-state index contributed by atoms with van der Waals surface area (Å²) in [6.07, 6.45) is 4.33. The average Bonchev–Trinajstić information content (AvgIpc) is 3.95. The van der Waals surface area contributed by atoms with Crippen LogP contribution in [0.4, 0.5) is 16.7 Å². The predicted octanol–water partition coefficient (Wildman–Crippen LogP) is 6.26. The predicted molar refractivity (Wildman–Crippen MR) is 289 cm³/mol. The number of rotatable bonds is 25. The van der Waals surface area contributed by atoms with Crippen molar-refractivity contribution in [2.75, 3.05) is 51.0 Å². The van der Waals surface area contributed by atoms with Crippen LogP contribution in [0.3, 0.4) is 0 Å². The zero-order valence-electron chi connectivity index (χ0n) is 44.8. The Labute approximate surface area is 447 Å². The molecule has 0 saturated carbocycles. The summed E-state index contributed by atoms with van der Waals surface area (Å²) in [5.74, 6) is -1.43. The Morgan fingerprint density at radius 1 is 0.592 bits per heavy atom. The van der Waals surface area contributed by atoms with Gasteiger partial charge < -0.3 is 56.3 Å². The number of benzene rings is 2. The third kappa shape index (κ3) is 19.4. The van der Waals surface area contributed by atoms with E-state index in [0.29, 0.717) is 89.4 Å². The number of anilines is 2. The Balaban J connectivity index is 0.000000328. The summed E-state index contributed by atoms with van der Waals surface area (Å²) < 4.78 is 14.8. The fourth-order valence-electron chi connectivity index (χ4n) is 7.55. The van der Waals surface area contributed by atoms with Crippen LogP contribution in [0.2, 0.25) is 0 Å². The second-order valence-corrected chi connectivity index (χ2v) is 19.1. The van der Waals surface area contributed by atoms with Crippen LogP contribution >= 0.6 is 11.3 Å². The number of aromatic hydroxyl groups is 2. The first-order valence-corrected chi connectivity index (χ1v) is 26.1. The van der Waals surface area contributed by atoms with Crippen molar-refractivity contribution >= 4 is 59.0 Å². The molecule has 0 aliphatic carbocycles. The number of hydrogen-bond donors (Lipinski definition) is 8. The minimum absolute atomic E-state index is 0.127. The van der Waals surface area contributed by atoms with Gasteiger partial charge in [0.1, 0.15) is 29.2 Å². The number of methoxy groups -OCH3 is 2. The lowest BCUT2D eigenvalue weighted by molar-refractivity contribution is -0.143. The van der Waals surface area contributed by atoms with E-state index in [-0.39, 0.29) is 30.5 Å². The molecular formula is C54H72N10O11S. The summed E-state index contributed by atoms with van der Waals surface area (Å²) in [7, 11) is 2.43. The molecule has 0 radical (unpaired) electrons. The van der Waals surface area contributed by atoms with Crippen LogP contribution in [0.25, 0.3) is 0 Å². The zero-order valence-corrected chi connectivity index (χ0v) is 45.6. The third-order valence-corrected chi connectivity index (χ3v) is 12.1. The number of hydrogen-bond acceptors (Lipinski definition) is 18. The van der Waals surface area contributed by atoms with Gasteiger partial charge in [-0.3, -0.25) is 14.4 Å². The minimum atomic E-state index is -1.13. The first kappa shape index (κ1) is 60.7. The number of aryl methyl sites for hydroxylation is 6. The van der Waals surface area contributed by atoms with Crippen molar-refractivity contribution in [2.45, 2.75) is 118 Å². The minimum Gasteiger partial charge on any atom is -0.508 e. The Bertz CT molecular complexity index is 2680. The summed E-state index contributed by atoms with van der Waals surface area (Å²) >= 11 is 1.28. The molecule has 5 rings (SSSR count). The SMILES string of the molecule is CCc1nc(NCCCc2cccc(O)c2)nc(CC)c1C(=O)N[C@@H](CNC(=O)OC(C)(C)C)C(=O)OC.CCc1nc(NCCCc2cccc(O)c2)nc(CC)c1C(=O)N[C@@H](CNC(=O)c1cccs1)C(=O)OC. The van der Waals surface area contributed by atoms with E-state index in [4.69, 9.17) is 14.2 Å². The van der Waals surface area contributed by atoms with E-state index in [2.05, 4.69) is 51.8 Å². The van der Waals surface area contributed by atoms with Crippen molar-refractivity contribution in [2.24, 2.45) is 0 Å². The van der Waals surface area contributed by atoms with Gasteiger partial charge in [-0.25, -0.2) is 34.3 Å². The molecular weight excluding hydrogens is 997 g/mol. The number of nitrogens with one attached hydrogen (secondary N) is 6. The Kier molecular flexibility index (Phi) is 24.3. The molecule has 22 heteroatoms. The zero-order chi connectivity index (χ0) is 55.8. The highest BCUT2D eigenvalue weighted by molar-refractivity contribution is 7.12. The fourth-order valence-corrected chi connectivity index (χ4v) is 8.19. The molecule has 2 aromatic carbocycles. The lowest BCUT2D eigenvalue weighted by Gasteiger charge is -2.22. The smallest absolute Gasteiger partial charge is 0.407 e. The van der Waals surface area contributed by atoms with E-state index in [1.807, 2.05) is 52.0 Å².